The van der Waals surface area contributed by atoms with Crippen LogP contribution in [0.25, 0.3) is 0 Å². The summed E-state index contributed by atoms with van der Waals surface area (Å²) in [6, 6.07) is 4.67. The van der Waals surface area contributed by atoms with Crippen LogP contribution in [0, 0.1) is 11.3 Å². The highest BCUT2D eigenvalue weighted by Gasteiger charge is 2.13. The molecule has 0 aliphatic carbocycles. The van der Waals surface area contributed by atoms with Gasteiger partial charge in [-0.2, -0.15) is 5.26 Å². The Hall–Kier alpha value is -1.18. The summed E-state index contributed by atoms with van der Waals surface area (Å²) < 4.78 is 4.50. The molecule has 1 aromatic rings. The van der Waals surface area contributed by atoms with Gasteiger partial charge in [0.25, 0.3) is 0 Å². The first-order chi connectivity index (χ1) is 6.60. The summed E-state index contributed by atoms with van der Waals surface area (Å²) in [6.45, 7) is 0. The normalized spacial score (nSPS) is 9.29. The zero-order chi connectivity index (χ0) is 10.7. The molecule has 0 spiro atoms. The summed E-state index contributed by atoms with van der Waals surface area (Å²) in [5.74, 6) is -0.586. The number of carbonyl (C=O) groups excluding carboxylic acids is 1. The van der Waals surface area contributed by atoms with Crippen LogP contribution in [-0.4, -0.2) is 13.1 Å². The van der Waals surface area contributed by atoms with Gasteiger partial charge in [-0.05, 0) is 12.1 Å². The van der Waals surface area contributed by atoms with Gasteiger partial charge >= 0.3 is 5.97 Å². The number of benzene rings is 1. The van der Waals surface area contributed by atoms with Gasteiger partial charge in [-0.15, -0.1) is 12.6 Å². The van der Waals surface area contributed by atoms with Gasteiger partial charge in [0.05, 0.1) is 23.3 Å². The standard InChI is InChI=1S/C9H6ClNO2S/c1-13-9(12)6-3-7(10)8(14)2-5(6)4-11/h2-3,14H,1H3. The van der Waals surface area contributed by atoms with Crippen molar-refractivity contribution >= 4 is 30.2 Å². The van der Waals surface area contributed by atoms with Gasteiger partial charge in [0.15, 0.2) is 0 Å². The van der Waals surface area contributed by atoms with Gasteiger partial charge in [-0.25, -0.2) is 4.79 Å². The molecule has 0 fully saturated rings. The van der Waals surface area contributed by atoms with E-state index in [1.54, 1.807) is 0 Å². The second kappa shape index (κ2) is 4.36. The molecule has 0 aliphatic heterocycles. The lowest BCUT2D eigenvalue weighted by Gasteiger charge is -2.03. The maximum atomic E-state index is 11.2. The van der Waals surface area contributed by atoms with E-state index in [1.165, 1.54) is 19.2 Å². The Morgan fingerprint density at radius 2 is 2.29 bits per heavy atom. The average Bonchev–Trinajstić information content (AvgIpc) is 2.20. The van der Waals surface area contributed by atoms with Gasteiger partial charge in [0.1, 0.15) is 6.07 Å². The van der Waals surface area contributed by atoms with Crippen LogP contribution < -0.4 is 0 Å². The fourth-order valence-corrected chi connectivity index (χ4v) is 1.29. The Bertz CT molecular complexity index is 426. The van der Waals surface area contributed by atoms with Crippen LogP contribution in [0.1, 0.15) is 15.9 Å². The summed E-state index contributed by atoms with van der Waals surface area (Å²) in [7, 11) is 1.24. The van der Waals surface area contributed by atoms with Gasteiger partial charge in [-0.3, -0.25) is 0 Å². The number of halogens is 1. The number of ether oxygens (including phenoxy) is 1. The van der Waals surface area contributed by atoms with E-state index in [0.717, 1.165) is 0 Å². The molecule has 14 heavy (non-hydrogen) atoms. The summed E-state index contributed by atoms with van der Waals surface area (Å²) >= 11 is 9.78. The minimum Gasteiger partial charge on any atom is -0.465 e. The Labute approximate surface area is 91.7 Å². The van der Waals surface area contributed by atoms with Crippen molar-refractivity contribution in [1.82, 2.24) is 0 Å². The topological polar surface area (TPSA) is 50.1 Å². The molecule has 0 amide bonds. The van der Waals surface area contributed by atoms with Gasteiger partial charge in [0, 0.05) is 4.90 Å². The highest BCUT2D eigenvalue weighted by Crippen LogP contribution is 2.24. The first-order valence-corrected chi connectivity index (χ1v) is 4.43. The van der Waals surface area contributed by atoms with Gasteiger partial charge in [-0.1, -0.05) is 11.6 Å². The second-order valence-electron chi connectivity index (χ2n) is 2.45. The van der Waals surface area contributed by atoms with E-state index in [4.69, 9.17) is 16.9 Å². The number of thiol groups is 1. The third kappa shape index (κ3) is 2.00. The minimum atomic E-state index is -0.586. The Morgan fingerprint density at radius 3 is 2.79 bits per heavy atom. The third-order valence-electron chi connectivity index (χ3n) is 1.61. The van der Waals surface area contributed by atoms with Gasteiger partial charge < -0.3 is 4.74 Å². The predicted molar refractivity (Wildman–Crippen MR) is 54.8 cm³/mol. The lowest BCUT2D eigenvalue weighted by Crippen LogP contribution is -2.04. The molecule has 5 heteroatoms. The van der Waals surface area contributed by atoms with Crippen LogP contribution >= 0.6 is 24.2 Å². The van der Waals surface area contributed by atoms with E-state index in [9.17, 15) is 4.79 Å². The molecule has 1 rings (SSSR count). The molecule has 0 saturated heterocycles. The largest absolute Gasteiger partial charge is 0.465 e. The van der Waals surface area contributed by atoms with E-state index < -0.39 is 5.97 Å². The fraction of sp³-hybridized carbons (Fsp3) is 0.111. The van der Waals surface area contributed by atoms with Crippen LogP contribution in [0.4, 0.5) is 0 Å². The SMILES string of the molecule is COC(=O)c1cc(Cl)c(S)cc1C#N. The molecule has 0 heterocycles. The van der Waals surface area contributed by atoms with Crippen molar-refractivity contribution in [2.45, 2.75) is 4.90 Å². The first-order valence-electron chi connectivity index (χ1n) is 3.61. The van der Waals surface area contributed by atoms with Crippen molar-refractivity contribution in [2.75, 3.05) is 7.11 Å². The van der Waals surface area contributed by atoms with E-state index >= 15 is 0 Å². The van der Waals surface area contributed by atoms with Crippen LogP contribution in [0.15, 0.2) is 17.0 Å². The van der Waals surface area contributed by atoms with E-state index in [0.29, 0.717) is 9.92 Å². The van der Waals surface area contributed by atoms with Crippen molar-refractivity contribution in [3.63, 3.8) is 0 Å². The van der Waals surface area contributed by atoms with Crippen LogP contribution in [-0.2, 0) is 4.74 Å². The number of esters is 1. The maximum Gasteiger partial charge on any atom is 0.339 e. The molecule has 0 radical (unpaired) electrons. The minimum absolute atomic E-state index is 0.151. The highest BCUT2D eigenvalue weighted by molar-refractivity contribution is 7.80. The molecular formula is C9H6ClNO2S. The number of carbonyl (C=O) groups is 1. The molecule has 0 aromatic heterocycles. The summed E-state index contributed by atoms with van der Waals surface area (Å²) in [6.07, 6.45) is 0. The summed E-state index contributed by atoms with van der Waals surface area (Å²) in [4.78, 5) is 11.7. The first kappa shape index (κ1) is 10.9. The Morgan fingerprint density at radius 1 is 1.64 bits per heavy atom. The van der Waals surface area contributed by atoms with Crippen molar-refractivity contribution in [1.29, 1.82) is 5.26 Å². The molecule has 0 atom stereocenters. The average molecular weight is 228 g/mol. The van der Waals surface area contributed by atoms with Crippen molar-refractivity contribution < 1.29 is 9.53 Å². The molecular weight excluding hydrogens is 222 g/mol. The Kier molecular flexibility index (Phi) is 3.39. The zero-order valence-corrected chi connectivity index (χ0v) is 8.89. The van der Waals surface area contributed by atoms with Crippen LogP contribution in [0.2, 0.25) is 5.02 Å². The molecule has 3 nitrogen and oxygen atoms in total. The lowest BCUT2D eigenvalue weighted by molar-refractivity contribution is 0.0600. The van der Waals surface area contributed by atoms with Gasteiger partial charge in [0.2, 0.25) is 0 Å². The van der Waals surface area contributed by atoms with Crippen molar-refractivity contribution in [2.24, 2.45) is 0 Å². The number of nitriles is 1. The molecule has 0 unspecified atom stereocenters. The fourth-order valence-electron chi connectivity index (χ4n) is 0.933. The predicted octanol–water partition coefficient (Wildman–Crippen LogP) is 2.29. The smallest absolute Gasteiger partial charge is 0.339 e. The summed E-state index contributed by atoms with van der Waals surface area (Å²) in [5.41, 5.74) is 0.351. The van der Waals surface area contributed by atoms with E-state index in [1.807, 2.05) is 6.07 Å². The number of methoxy groups -OCH3 is 1. The number of rotatable bonds is 1. The number of hydrogen-bond donors (Lipinski definition) is 1. The van der Waals surface area contributed by atoms with Crippen molar-refractivity contribution in [3.05, 3.63) is 28.3 Å². The molecule has 72 valence electrons. The van der Waals surface area contributed by atoms with Crippen LogP contribution in [0.5, 0.6) is 0 Å². The van der Waals surface area contributed by atoms with E-state index in [2.05, 4.69) is 17.4 Å². The summed E-state index contributed by atoms with van der Waals surface area (Å²) in [5, 5.41) is 9.06. The molecule has 0 bridgehead atoms. The lowest BCUT2D eigenvalue weighted by atomic mass is 10.1. The van der Waals surface area contributed by atoms with Crippen LogP contribution in [0.3, 0.4) is 0 Å². The molecule has 0 saturated carbocycles. The number of hydrogen-bond acceptors (Lipinski definition) is 4. The van der Waals surface area contributed by atoms with E-state index in [-0.39, 0.29) is 11.1 Å². The zero-order valence-electron chi connectivity index (χ0n) is 7.24. The Balaban J connectivity index is 3.36. The molecule has 0 N–H and O–H groups in total. The maximum absolute atomic E-state index is 11.2. The second-order valence-corrected chi connectivity index (χ2v) is 3.34. The monoisotopic (exact) mass is 227 g/mol. The third-order valence-corrected chi connectivity index (χ3v) is 2.43. The molecule has 0 aliphatic rings. The number of nitrogens with zero attached hydrogens (tertiary/aromatic N) is 1. The quantitative estimate of drug-likeness (QED) is 0.592. The molecule has 1 aromatic carbocycles. The van der Waals surface area contributed by atoms with Crippen molar-refractivity contribution in [3.8, 4) is 6.07 Å². The highest BCUT2D eigenvalue weighted by atomic mass is 35.5.